The summed E-state index contributed by atoms with van der Waals surface area (Å²) in [5.74, 6) is 0.642. The first-order chi connectivity index (χ1) is 11.9. The van der Waals surface area contributed by atoms with Crippen LogP contribution < -0.4 is 10.9 Å². The van der Waals surface area contributed by atoms with Crippen molar-refractivity contribution in [2.75, 3.05) is 0 Å². The average Bonchev–Trinajstić information content (AvgIpc) is 2.90. The first-order valence-electron chi connectivity index (χ1n) is 8.21. The highest BCUT2D eigenvalue weighted by molar-refractivity contribution is 6.31. The molecule has 0 amide bonds. The quantitative estimate of drug-likeness (QED) is 0.868. The number of benzene rings is 1. The Morgan fingerprint density at radius 1 is 1.20 bits per heavy atom. The summed E-state index contributed by atoms with van der Waals surface area (Å²) in [6.45, 7) is 6.13. The lowest BCUT2D eigenvalue weighted by atomic mass is 10.1. The van der Waals surface area contributed by atoms with Gasteiger partial charge >= 0.3 is 0 Å². The Morgan fingerprint density at radius 3 is 2.80 bits per heavy atom. The maximum absolute atomic E-state index is 12.4. The van der Waals surface area contributed by atoms with Gasteiger partial charge < -0.3 is 15.2 Å². The molecule has 4 rings (SSSR count). The second kappa shape index (κ2) is 5.77. The summed E-state index contributed by atoms with van der Waals surface area (Å²) in [5.41, 5.74) is 4.99. The lowest BCUT2D eigenvalue weighted by molar-refractivity contribution is 0.417. The molecule has 1 aromatic carbocycles. The zero-order valence-corrected chi connectivity index (χ0v) is 15.1. The normalized spacial score (nSPS) is 19.3. The van der Waals surface area contributed by atoms with E-state index in [2.05, 4.69) is 52.5 Å². The van der Waals surface area contributed by atoms with Gasteiger partial charge in [-0.15, -0.1) is 0 Å². The van der Waals surface area contributed by atoms with Crippen molar-refractivity contribution in [3.05, 3.63) is 74.2 Å². The Labute approximate surface area is 150 Å². The number of nitrogens with zero attached hydrogens (tertiary/aromatic N) is 2. The molecular weight excluding hydrogens is 336 g/mol. The molecule has 0 saturated heterocycles. The summed E-state index contributed by atoms with van der Waals surface area (Å²) in [6, 6.07) is 3.49. The number of nitrogens with one attached hydrogen (secondary N) is 2. The molecule has 5 nitrogen and oxygen atoms in total. The van der Waals surface area contributed by atoms with Crippen molar-refractivity contribution in [3.8, 4) is 0 Å². The number of halogens is 1. The minimum absolute atomic E-state index is 0.131. The maximum Gasteiger partial charge on any atom is 0.258 e. The van der Waals surface area contributed by atoms with Crippen LogP contribution in [0.1, 0.15) is 25.2 Å². The van der Waals surface area contributed by atoms with E-state index in [4.69, 9.17) is 11.6 Å². The lowest BCUT2D eigenvalue weighted by Gasteiger charge is -2.25. The van der Waals surface area contributed by atoms with Gasteiger partial charge in [-0.1, -0.05) is 11.6 Å². The van der Waals surface area contributed by atoms with Crippen LogP contribution in [0.3, 0.4) is 0 Å². The van der Waals surface area contributed by atoms with Gasteiger partial charge in [-0.2, -0.15) is 0 Å². The molecule has 1 aromatic heterocycles. The minimum Gasteiger partial charge on any atom is -0.363 e. The van der Waals surface area contributed by atoms with Crippen LogP contribution >= 0.6 is 11.6 Å². The van der Waals surface area contributed by atoms with Gasteiger partial charge in [0.2, 0.25) is 0 Å². The van der Waals surface area contributed by atoms with Crippen molar-refractivity contribution in [2.24, 2.45) is 0 Å². The van der Waals surface area contributed by atoms with Crippen LogP contribution in [0.4, 0.5) is 0 Å². The standard InChI is InChI=1S/C19H19ClN4O/c1-10-5-17-21-14(9-24(17)8-12(10)3)7-16-22-18-11(2)4-13(20)6-15(18)19(25)23-16/h4-6,8-9,17,21H,7H2,1-3H3,(H,22,23,25). The Kier molecular flexibility index (Phi) is 3.69. The van der Waals surface area contributed by atoms with E-state index in [1.165, 1.54) is 11.1 Å². The number of hydrogen-bond acceptors (Lipinski definition) is 4. The molecule has 0 saturated carbocycles. The maximum atomic E-state index is 12.4. The monoisotopic (exact) mass is 354 g/mol. The Bertz CT molecular complexity index is 1030. The highest BCUT2D eigenvalue weighted by atomic mass is 35.5. The van der Waals surface area contributed by atoms with Crippen LogP contribution in [-0.4, -0.2) is 21.0 Å². The molecule has 2 aromatic rings. The summed E-state index contributed by atoms with van der Waals surface area (Å²) < 4.78 is 0. The molecule has 2 aliphatic heterocycles. The first-order valence-corrected chi connectivity index (χ1v) is 8.59. The van der Waals surface area contributed by atoms with Gasteiger partial charge in [0.25, 0.3) is 5.56 Å². The molecule has 0 fully saturated rings. The molecule has 2 aliphatic rings. The van der Waals surface area contributed by atoms with Gasteiger partial charge in [0.1, 0.15) is 12.0 Å². The summed E-state index contributed by atoms with van der Waals surface area (Å²) in [7, 11) is 0. The number of aromatic nitrogens is 2. The largest absolute Gasteiger partial charge is 0.363 e. The van der Waals surface area contributed by atoms with E-state index >= 15 is 0 Å². The summed E-state index contributed by atoms with van der Waals surface area (Å²) >= 11 is 6.05. The van der Waals surface area contributed by atoms with Crippen LogP contribution in [0.15, 0.2) is 52.2 Å². The van der Waals surface area contributed by atoms with E-state index in [0.717, 1.165) is 11.3 Å². The smallest absolute Gasteiger partial charge is 0.258 e. The second-order valence-electron chi connectivity index (χ2n) is 6.66. The van der Waals surface area contributed by atoms with Crippen LogP contribution in [0.5, 0.6) is 0 Å². The van der Waals surface area contributed by atoms with E-state index in [1.807, 2.05) is 13.0 Å². The van der Waals surface area contributed by atoms with E-state index in [9.17, 15) is 4.79 Å². The number of allylic oxidation sites excluding steroid dienone is 3. The SMILES string of the molecule is CC1=CC2NC(Cc3nc4c(C)cc(Cl)cc4c(=O)[nH]3)=CN2C=C1C. The molecular formula is C19H19ClN4O. The molecule has 2 N–H and O–H groups in total. The molecule has 6 heteroatoms. The summed E-state index contributed by atoms with van der Waals surface area (Å²) in [4.78, 5) is 22.1. The fraction of sp³-hybridized carbons (Fsp3) is 0.263. The van der Waals surface area contributed by atoms with Crippen molar-refractivity contribution in [3.63, 3.8) is 0 Å². The molecule has 3 heterocycles. The van der Waals surface area contributed by atoms with Crippen molar-refractivity contribution in [1.29, 1.82) is 0 Å². The van der Waals surface area contributed by atoms with Crippen LogP contribution in [0.2, 0.25) is 5.02 Å². The number of fused-ring (bicyclic) bond motifs is 2. The fourth-order valence-corrected chi connectivity index (χ4v) is 3.55. The van der Waals surface area contributed by atoms with Gasteiger partial charge in [0.05, 0.1) is 10.9 Å². The Morgan fingerprint density at radius 2 is 2.00 bits per heavy atom. The van der Waals surface area contributed by atoms with Crippen molar-refractivity contribution < 1.29 is 0 Å². The third kappa shape index (κ3) is 2.85. The van der Waals surface area contributed by atoms with Crippen molar-refractivity contribution in [2.45, 2.75) is 33.4 Å². The van der Waals surface area contributed by atoms with Crippen molar-refractivity contribution >= 4 is 22.5 Å². The van der Waals surface area contributed by atoms with Crippen molar-refractivity contribution in [1.82, 2.24) is 20.2 Å². The van der Waals surface area contributed by atoms with Gasteiger partial charge in [0, 0.05) is 29.5 Å². The van der Waals surface area contributed by atoms with Crippen LogP contribution in [0.25, 0.3) is 10.9 Å². The van der Waals surface area contributed by atoms with Crippen LogP contribution in [0, 0.1) is 6.92 Å². The third-order valence-corrected chi connectivity index (χ3v) is 4.92. The Hall–Kier alpha value is -2.53. The number of rotatable bonds is 2. The topological polar surface area (TPSA) is 61.0 Å². The van der Waals surface area contributed by atoms with E-state index in [0.29, 0.717) is 28.2 Å². The van der Waals surface area contributed by atoms with Gasteiger partial charge in [-0.05, 0) is 55.7 Å². The van der Waals surface area contributed by atoms with E-state index in [-0.39, 0.29) is 11.7 Å². The second-order valence-corrected chi connectivity index (χ2v) is 7.10. The van der Waals surface area contributed by atoms with E-state index in [1.54, 1.807) is 6.07 Å². The fourth-order valence-electron chi connectivity index (χ4n) is 3.28. The molecule has 128 valence electrons. The predicted octanol–water partition coefficient (Wildman–Crippen LogP) is 3.36. The molecule has 1 unspecified atom stereocenters. The zero-order valence-electron chi connectivity index (χ0n) is 14.4. The third-order valence-electron chi connectivity index (χ3n) is 4.70. The number of H-pyrrole nitrogens is 1. The highest BCUT2D eigenvalue weighted by Crippen LogP contribution is 2.25. The number of aryl methyl sites for hydroxylation is 1. The molecule has 0 aliphatic carbocycles. The molecule has 25 heavy (non-hydrogen) atoms. The summed E-state index contributed by atoms with van der Waals surface area (Å²) in [6.07, 6.45) is 7.06. The average molecular weight is 355 g/mol. The molecule has 1 atom stereocenters. The zero-order chi connectivity index (χ0) is 17.7. The number of hydrogen-bond donors (Lipinski definition) is 2. The molecule has 0 radical (unpaired) electrons. The molecule has 0 spiro atoms. The highest BCUT2D eigenvalue weighted by Gasteiger charge is 2.24. The van der Waals surface area contributed by atoms with Gasteiger partial charge in [-0.3, -0.25) is 4.79 Å². The Balaban J connectivity index is 1.66. The predicted molar refractivity (Wildman–Crippen MR) is 100 cm³/mol. The number of aromatic amines is 1. The minimum atomic E-state index is -0.159. The first kappa shape index (κ1) is 16.0. The van der Waals surface area contributed by atoms with Gasteiger partial charge in [0.15, 0.2) is 0 Å². The van der Waals surface area contributed by atoms with Gasteiger partial charge in [-0.25, -0.2) is 4.98 Å². The molecule has 0 bridgehead atoms. The summed E-state index contributed by atoms with van der Waals surface area (Å²) in [5, 5.41) is 4.54. The lowest BCUT2D eigenvalue weighted by Crippen LogP contribution is -2.33. The van der Waals surface area contributed by atoms with Crippen LogP contribution in [-0.2, 0) is 6.42 Å². The van der Waals surface area contributed by atoms with E-state index < -0.39 is 0 Å².